The van der Waals surface area contributed by atoms with Gasteiger partial charge in [0.05, 0.1) is 11.3 Å². The molecular formula is C27H20F5N3O. The van der Waals surface area contributed by atoms with Gasteiger partial charge in [-0.3, -0.25) is 4.98 Å². The van der Waals surface area contributed by atoms with Crippen molar-refractivity contribution >= 4 is 11.7 Å². The summed E-state index contributed by atoms with van der Waals surface area (Å²) in [4.78, 5) is 17.5. The van der Waals surface area contributed by atoms with Crippen LogP contribution in [0.3, 0.4) is 0 Å². The Hall–Kier alpha value is -4.27. The number of amides is 2. The van der Waals surface area contributed by atoms with Gasteiger partial charge in [0, 0.05) is 24.4 Å². The Morgan fingerprint density at radius 2 is 1.50 bits per heavy atom. The molecule has 4 nitrogen and oxygen atoms in total. The van der Waals surface area contributed by atoms with Gasteiger partial charge in [0.15, 0.2) is 11.6 Å². The largest absolute Gasteiger partial charge is 0.416 e. The molecule has 1 unspecified atom stereocenters. The van der Waals surface area contributed by atoms with Crippen molar-refractivity contribution in [1.82, 2.24) is 10.3 Å². The van der Waals surface area contributed by atoms with E-state index in [-0.39, 0.29) is 23.4 Å². The molecule has 4 rings (SSSR count). The van der Waals surface area contributed by atoms with Gasteiger partial charge in [-0.15, -0.1) is 0 Å². The zero-order valence-corrected chi connectivity index (χ0v) is 18.7. The van der Waals surface area contributed by atoms with Crippen LogP contribution in [0.2, 0.25) is 0 Å². The van der Waals surface area contributed by atoms with E-state index in [1.807, 2.05) is 0 Å². The molecular weight excluding hydrogens is 477 g/mol. The summed E-state index contributed by atoms with van der Waals surface area (Å²) in [5.74, 6) is -2.25. The number of alkyl halides is 3. The molecule has 9 heteroatoms. The lowest BCUT2D eigenvalue weighted by atomic mass is 9.80. The third-order valence-corrected chi connectivity index (χ3v) is 5.60. The fourth-order valence-corrected chi connectivity index (χ4v) is 3.93. The minimum atomic E-state index is -4.62. The lowest BCUT2D eigenvalue weighted by molar-refractivity contribution is -0.137. The number of hydrogen-bond acceptors (Lipinski definition) is 2. The van der Waals surface area contributed by atoms with Crippen molar-refractivity contribution in [3.05, 3.63) is 131 Å². The first-order chi connectivity index (χ1) is 17.2. The van der Waals surface area contributed by atoms with Gasteiger partial charge in [-0.05, 0) is 47.5 Å². The number of nitrogens with one attached hydrogen (secondary N) is 2. The molecule has 2 N–H and O–H groups in total. The highest BCUT2D eigenvalue weighted by molar-refractivity contribution is 5.90. The molecule has 4 aromatic rings. The molecule has 0 aliphatic carbocycles. The molecule has 36 heavy (non-hydrogen) atoms. The number of aromatic nitrogens is 1. The lowest BCUT2D eigenvalue weighted by Gasteiger charge is -2.35. The summed E-state index contributed by atoms with van der Waals surface area (Å²) in [7, 11) is 0. The lowest BCUT2D eigenvalue weighted by Crippen LogP contribution is -2.50. The zero-order valence-electron chi connectivity index (χ0n) is 18.7. The zero-order chi connectivity index (χ0) is 25.8. The number of anilines is 1. The number of benzene rings is 3. The fraction of sp³-hybridized carbons (Fsp3) is 0.111. The summed E-state index contributed by atoms with van der Waals surface area (Å²) in [6.45, 7) is 0. The van der Waals surface area contributed by atoms with Gasteiger partial charge in [0.1, 0.15) is 5.54 Å². The van der Waals surface area contributed by atoms with E-state index >= 15 is 0 Å². The van der Waals surface area contributed by atoms with Crippen LogP contribution in [0.5, 0.6) is 0 Å². The molecule has 0 aliphatic heterocycles. The highest BCUT2D eigenvalue weighted by Crippen LogP contribution is 2.37. The van der Waals surface area contributed by atoms with Crippen molar-refractivity contribution in [3.63, 3.8) is 0 Å². The van der Waals surface area contributed by atoms with Crippen molar-refractivity contribution in [2.24, 2.45) is 0 Å². The van der Waals surface area contributed by atoms with E-state index in [2.05, 4.69) is 15.6 Å². The molecule has 1 atom stereocenters. The van der Waals surface area contributed by atoms with Crippen LogP contribution in [0, 0.1) is 11.6 Å². The number of urea groups is 1. The molecule has 0 spiro atoms. The molecule has 0 bridgehead atoms. The first kappa shape index (κ1) is 24.8. The molecule has 3 aromatic carbocycles. The monoisotopic (exact) mass is 497 g/mol. The average Bonchev–Trinajstić information content (AvgIpc) is 2.86. The molecule has 0 saturated carbocycles. The maximum Gasteiger partial charge on any atom is 0.416 e. The Balaban J connectivity index is 1.84. The Bertz CT molecular complexity index is 1350. The van der Waals surface area contributed by atoms with Gasteiger partial charge in [-0.1, -0.05) is 48.5 Å². The van der Waals surface area contributed by atoms with Crippen LogP contribution in [0.15, 0.2) is 97.2 Å². The van der Waals surface area contributed by atoms with Crippen LogP contribution in [-0.2, 0) is 18.1 Å². The van der Waals surface area contributed by atoms with Crippen molar-refractivity contribution in [2.75, 3.05) is 5.32 Å². The number of rotatable bonds is 6. The Kier molecular flexibility index (Phi) is 7.00. The Labute approximate surface area is 203 Å². The number of nitrogens with zero attached hydrogens (tertiary/aromatic N) is 1. The van der Waals surface area contributed by atoms with E-state index in [1.54, 1.807) is 48.5 Å². The summed E-state index contributed by atoms with van der Waals surface area (Å²) in [6.07, 6.45) is -3.10. The maximum atomic E-state index is 13.7. The molecule has 1 heterocycles. The van der Waals surface area contributed by atoms with E-state index in [9.17, 15) is 26.7 Å². The van der Waals surface area contributed by atoms with Crippen molar-refractivity contribution in [2.45, 2.75) is 18.1 Å². The van der Waals surface area contributed by atoms with Crippen LogP contribution in [-0.4, -0.2) is 11.0 Å². The Morgan fingerprint density at radius 1 is 0.778 bits per heavy atom. The maximum absolute atomic E-state index is 13.7. The fourth-order valence-electron chi connectivity index (χ4n) is 3.93. The standard InChI is InChI=1S/C27H20F5N3O/c28-22-13-12-21(16-23(22)29)34-25(36)35-26(24-11-4-5-14-33-24,17-18-7-2-1-3-8-18)19-9-6-10-20(15-19)27(30,31)32/h1-16H,17H2,(H2,34,35,36). The van der Waals surface area contributed by atoms with Gasteiger partial charge in [-0.25, -0.2) is 13.6 Å². The van der Waals surface area contributed by atoms with E-state index < -0.39 is 34.9 Å². The number of carbonyl (C=O) groups is 1. The second-order valence-corrected chi connectivity index (χ2v) is 8.07. The second kappa shape index (κ2) is 10.2. The summed E-state index contributed by atoms with van der Waals surface area (Å²) in [5.41, 5.74) is -1.34. The van der Waals surface area contributed by atoms with Crippen molar-refractivity contribution in [3.8, 4) is 0 Å². The smallest absolute Gasteiger partial charge is 0.322 e. The average molecular weight is 497 g/mol. The van der Waals surface area contributed by atoms with E-state index in [0.717, 1.165) is 24.3 Å². The van der Waals surface area contributed by atoms with Gasteiger partial charge in [-0.2, -0.15) is 13.2 Å². The van der Waals surface area contributed by atoms with E-state index in [0.29, 0.717) is 5.56 Å². The number of pyridine rings is 1. The molecule has 0 saturated heterocycles. The van der Waals surface area contributed by atoms with Gasteiger partial charge < -0.3 is 10.6 Å². The van der Waals surface area contributed by atoms with E-state index in [4.69, 9.17) is 0 Å². The third kappa shape index (κ3) is 5.51. The molecule has 0 radical (unpaired) electrons. The predicted octanol–water partition coefficient (Wildman–Crippen LogP) is 6.69. The number of hydrogen-bond donors (Lipinski definition) is 2. The summed E-state index contributed by atoms with van der Waals surface area (Å²) in [6, 6.07) is 20.4. The van der Waals surface area contributed by atoms with Crippen LogP contribution < -0.4 is 10.6 Å². The first-order valence-corrected chi connectivity index (χ1v) is 10.8. The van der Waals surface area contributed by atoms with Crippen LogP contribution in [0.4, 0.5) is 32.4 Å². The highest BCUT2D eigenvalue weighted by Gasteiger charge is 2.40. The molecule has 184 valence electrons. The molecule has 0 aliphatic rings. The summed E-state index contributed by atoms with van der Waals surface area (Å²) < 4.78 is 67.9. The number of carbonyl (C=O) groups excluding carboxylic acids is 1. The quantitative estimate of drug-likeness (QED) is 0.292. The normalized spacial score (nSPS) is 13.0. The van der Waals surface area contributed by atoms with Crippen LogP contribution in [0.1, 0.15) is 22.4 Å². The summed E-state index contributed by atoms with van der Waals surface area (Å²) >= 11 is 0. The predicted molar refractivity (Wildman–Crippen MR) is 125 cm³/mol. The molecule has 0 fully saturated rings. The van der Waals surface area contributed by atoms with Crippen LogP contribution in [0.25, 0.3) is 0 Å². The molecule has 2 amide bonds. The second-order valence-electron chi connectivity index (χ2n) is 8.07. The number of halogens is 5. The topological polar surface area (TPSA) is 54.0 Å². The highest BCUT2D eigenvalue weighted by atomic mass is 19.4. The van der Waals surface area contributed by atoms with Crippen molar-refractivity contribution < 1.29 is 26.7 Å². The molecule has 1 aromatic heterocycles. The van der Waals surface area contributed by atoms with Gasteiger partial charge in [0.25, 0.3) is 0 Å². The van der Waals surface area contributed by atoms with Gasteiger partial charge >= 0.3 is 12.2 Å². The minimum Gasteiger partial charge on any atom is -0.322 e. The minimum absolute atomic E-state index is 0.0370. The SMILES string of the molecule is O=C(Nc1ccc(F)c(F)c1)NC(Cc1ccccc1)(c1cccc(C(F)(F)F)c1)c1ccccn1. The van der Waals surface area contributed by atoms with E-state index in [1.165, 1.54) is 24.4 Å². The van der Waals surface area contributed by atoms with Gasteiger partial charge in [0.2, 0.25) is 0 Å². The summed E-state index contributed by atoms with van der Waals surface area (Å²) in [5, 5.41) is 5.21. The Morgan fingerprint density at radius 3 is 2.17 bits per heavy atom. The van der Waals surface area contributed by atoms with Crippen LogP contribution >= 0.6 is 0 Å². The third-order valence-electron chi connectivity index (χ3n) is 5.60. The first-order valence-electron chi connectivity index (χ1n) is 10.8. The van der Waals surface area contributed by atoms with Crippen molar-refractivity contribution in [1.29, 1.82) is 0 Å².